The van der Waals surface area contributed by atoms with Crippen molar-refractivity contribution in [3.63, 3.8) is 0 Å². The monoisotopic (exact) mass is 226 g/mol. The quantitative estimate of drug-likeness (QED) is 0.744. The van der Waals surface area contributed by atoms with Gasteiger partial charge in [0.2, 0.25) is 0 Å². The van der Waals surface area contributed by atoms with E-state index in [1.165, 1.54) is 6.07 Å². The molecule has 1 nitrogen and oxygen atoms in total. The maximum absolute atomic E-state index is 13.5. The molecular weight excluding hydrogens is 210 g/mol. The zero-order valence-corrected chi connectivity index (χ0v) is 9.38. The van der Waals surface area contributed by atoms with Gasteiger partial charge in [-0.3, -0.25) is 0 Å². The molecule has 3 heteroatoms. The summed E-state index contributed by atoms with van der Waals surface area (Å²) in [7, 11) is 0. The van der Waals surface area contributed by atoms with Crippen LogP contribution in [0.15, 0.2) is 18.2 Å². The zero-order chi connectivity index (χ0) is 11.5. The molecule has 0 amide bonds. The fraction of sp³-hybridized carbons (Fsp3) is 0.538. The van der Waals surface area contributed by atoms with Gasteiger partial charge in [-0.2, -0.15) is 0 Å². The lowest BCUT2D eigenvalue weighted by Gasteiger charge is -2.28. The van der Waals surface area contributed by atoms with Crippen molar-refractivity contribution in [2.24, 2.45) is 5.92 Å². The Bertz CT molecular complexity index is 357. The van der Waals surface area contributed by atoms with Crippen LogP contribution < -0.4 is 0 Å². The molecular formula is C13H16F2O. The average molecular weight is 226 g/mol. The molecule has 1 saturated heterocycles. The van der Waals surface area contributed by atoms with E-state index in [4.69, 9.17) is 4.74 Å². The molecule has 0 aliphatic carbocycles. The minimum atomic E-state index is -0.793. The van der Waals surface area contributed by atoms with Crippen molar-refractivity contribution in [3.8, 4) is 0 Å². The Morgan fingerprint density at radius 3 is 2.75 bits per heavy atom. The van der Waals surface area contributed by atoms with Gasteiger partial charge in [-0.05, 0) is 24.8 Å². The van der Waals surface area contributed by atoms with Gasteiger partial charge in [-0.15, -0.1) is 0 Å². The van der Waals surface area contributed by atoms with Crippen LogP contribution in [0.5, 0.6) is 0 Å². The van der Waals surface area contributed by atoms with Crippen LogP contribution in [0.4, 0.5) is 8.78 Å². The summed E-state index contributed by atoms with van der Waals surface area (Å²) in [6.45, 7) is 2.77. The Morgan fingerprint density at radius 1 is 1.31 bits per heavy atom. The van der Waals surface area contributed by atoms with Crippen LogP contribution in [0.25, 0.3) is 0 Å². The lowest BCUT2D eigenvalue weighted by atomic mass is 9.93. The highest BCUT2D eigenvalue weighted by atomic mass is 19.2. The summed E-state index contributed by atoms with van der Waals surface area (Å²) in [6, 6.07) is 4.27. The Labute approximate surface area is 94.4 Å². The van der Waals surface area contributed by atoms with E-state index >= 15 is 0 Å². The number of hydrogen-bond donors (Lipinski definition) is 0. The molecule has 2 rings (SSSR count). The third kappa shape index (κ3) is 2.24. The average Bonchev–Trinajstić information content (AvgIpc) is 2.33. The van der Waals surface area contributed by atoms with E-state index in [2.05, 4.69) is 6.92 Å². The van der Waals surface area contributed by atoms with E-state index in [1.54, 1.807) is 6.07 Å². The van der Waals surface area contributed by atoms with Crippen LogP contribution in [0.3, 0.4) is 0 Å². The molecule has 1 aliphatic heterocycles. The molecule has 0 bridgehead atoms. The first kappa shape index (κ1) is 11.5. The van der Waals surface area contributed by atoms with E-state index in [1.807, 2.05) is 0 Å². The Morgan fingerprint density at radius 2 is 2.12 bits per heavy atom. The zero-order valence-electron chi connectivity index (χ0n) is 9.38. The molecule has 1 aliphatic rings. The lowest BCUT2D eigenvalue weighted by molar-refractivity contribution is -0.0201. The smallest absolute Gasteiger partial charge is 0.164 e. The van der Waals surface area contributed by atoms with Gasteiger partial charge in [0, 0.05) is 5.56 Å². The van der Waals surface area contributed by atoms with Crippen molar-refractivity contribution >= 4 is 0 Å². The third-order valence-corrected chi connectivity index (χ3v) is 3.28. The number of rotatable bonds is 2. The van der Waals surface area contributed by atoms with Gasteiger partial charge in [-0.25, -0.2) is 8.78 Å². The van der Waals surface area contributed by atoms with Gasteiger partial charge in [0.1, 0.15) is 0 Å². The molecule has 1 heterocycles. The summed E-state index contributed by atoms with van der Waals surface area (Å²) < 4.78 is 32.2. The maximum atomic E-state index is 13.5. The first-order chi connectivity index (χ1) is 7.72. The highest BCUT2D eigenvalue weighted by Crippen LogP contribution is 2.33. The molecule has 2 atom stereocenters. The van der Waals surface area contributed by atoms with Crippen LogP contribution in [0.2, 0.25) is 0 Å². The molecule has 1 fully saturated rings. The molecule has 1 aromatic rings. The standard InChI is InChI=1S/C13H16F2O/c1-2-9-6-7-12(16-8-9)10-4-3-5-11(14)13(10)15/h3-5,9,12H,2,6-8H2,1H3. The predicted octanol–water partition coefficient (Wildman–Crippen LogP) is 3.84. The number of ether oxygens (including phenoxy) is 1. The first-order valence-electron chi connectivity index (χ1n) is 5.78. The molecule has 0 aromatic heterocycles. The van der Waals surface area contributed by atoms with Crippen LogP contribution >= 0.6 is 0 Å². The molecule has 16 heavy (non-hydrogen) atoms. The van der Waals surface area contributed by atoms with Gasteiger partial charge in [-0.1, -0.05) is 25.5 Å². The number of halogens is 2. The third-order valence-electron chi connectivity index (χ3n) is 3.28. The van der Waals surface area contributed by atoms with Gasteiger partial charge < -0.3 is 4.74 Å². The Balaban J connectivity index is 2.11. The predicted molar refractivity (Wildman–Crippen MR) is 58.1 cm³/mol. The number of hydrogen-bond acceptors (Lipinski definition) is 1. The second kappa shape index (κ2) is 4.91. The fourth-order valence-corrected chi connectivity index (χ4v) is 2.14. The summed E-state index contributed by atoms with van der Waals surface area (Å²) >= 11 is 0. The molecule has 1 aromatic carbocycles. The summed E-state index contributed by atoms with van der Waals surface area (Å²) in [5.41, 5.74) is 0.356. The van der Waals surface area contributed by atoms with E-state index in [0.717, 1.165) is 25.3 Å². The van der Waals surface area contributed by atoms with Crippen molar-refractivity contribution in [2.75, 3.05) is 6.61 Å². The van der Waals surface area contributed by atoms with E-state index < -0.39 is 11.6 Å². The van der Waals surface area contributed by atoms with Gasteiger partial charge in [0.25, 0.3) is 0 Å². The fourth-order valence-electron chi connectivity index (χ4n) is 2.14. The summed E-state index contributed by atoms with van der Waals surface area (Å²) in [4.78, 5) is 0. The van der Waals surface area contributed by atoms with Crippen LogP contribution in [-0.4, -0.2) is 6.61 Å². The van der Waals surface area contributed by atoms with Gasteiger partial charge in [0.15, 0.2) is 11.6 Å². The minimum absolute atomic E-state index is 0.279. The summed E-state index contributed by atoms with van der Waals surface area (Å²) in [5, 5.41) is 0. The number of benzene rings is 1. The van der Waals surface area contributed by atoms with E-state index in [-0.39, 0.29) is 6.10 Å². The maximum Gasteiger partial charge on any atom is 0.164 e. The molecule has 88 valence electrons. The minimum Gasteiger partial charge on any atom is -0.373 e. The largest absolute Gasteiger partial charge is 0.373 e. The van der Waals surface area contributed by atoms with E-state index in [0.29, 0.717) is 18.1 Å². The highest BCUT2D eigenvalue weighted by Gasteiger charge is 2.24. The molecule has 0 spiro atoms. The molecule has 0 N–H and O–H groups in total. The normalized spacial score (nSPS) is 25.7. The van der Waals surface area contributed by atoms with Crippen LogP contribution in [0, 0.1) is 17.6 Å². The van der Waals surface area contributed by atoms with Crippen molar-refractivity contribution in [1.29, 1.82) is 0 Å². The van der Waals surface area contributed by atoms with Crippen LogP contribution in [0.1, 0.15) is 37.9 Å². The van der Waals surface area contributed by atoms with Crippen molar-refractivity contribution < 1.29 is 13.5 Å². The summed E-state index contributed by atoms with van der Waals surface area (Å²) in [6.07, 6.45) is 2.60. The van der Waals surface area contributed by atoms with Crippen LogP contribution in [-0.2, 0) is 4.74 Å². The van der Waals surface area contributed by atoms with Crippen molar-refractivity contribution in [3.05, 3.63) is 35.4 Å². The van der Waals surface area contributed by atoms with Gasteiger partial charge in [0.05, 0.1) is 12.7 Å². The topological polar surface area (TPSA) is 9.23 Å². The Hall–Kier alpha value is -0.960. The van der Waals surface area contributed by atoms with Crippen molar-refractivity contribution in [1.82, 2.24) is 0 Å². The molecule has 0 saturated carbocycles. The molecule has 2 unspecified atom stereocenters. The van der Waals surface area contributed by atoms with E-state index in [9.17, 15) is 8.78 Å². The van der Waals surface area contributed by atoms with Gasteiger partial charge >= 0.3 is 0 Å². The summed E-state index contributed by atoms with van der Waals surface area (Å²) in [5.74, 6) is -0.992. The molecule has 0 radical (unpaired) electrons. The second-order valence-corrected chi connectivity index (χ2v) is 4.32. The second-order valence-electron chi connectivity index (χ2n) is 4.32. The highest BCUT2D eigenvalue weighted by molar-refractivity contribution is 5.21. The lowest BCUT2D eigenvalue weighted by Crippen LogP contribution is -2.21. The van der Waals surface area contributed by atoms with Crippen molar-refractivity contribution in [2.45, 2.75) is 32.3 Å². The first-order valence-corrected chi connectivity index (χ1v) is 5.78. The Kier molecular flexibility index (Phi) is 3.54. The SMILES string of the molecule is CCC1CCC(c2cccc(F)c2F)OC1.